The predicted octanol–water partition coefficient (Wildman–Crippen LogP) is 4.01. The molecule has 12 heavy (non-hydrogen) atoms. The van der Waals surface area contributed by atoms with Crippen LogP contribution in [-0.2, 0) is 0 Å². The quantitative estimate of drug-likeness (QED) is 0.715. The van der Waals surface area contributed by atoms with Crippen molar-refractivity contribution in [2.45, 2.75) is 19.8 Å². The van der Waals surface area contributed by atoms with Crippen molar-refractivity contribution in [3.63, 3.8) is 0 Å². The number of fused-ring (bicyclic) bond motifs is 1. The maximum Gasteiger partial charge on any atom is 0.101 e. The molecule has 3 heteroatoms. The molecule has 0 aliphatic rings. The summed E-state index contributed by atoms with van der Waals surface area (Å²) < 4.78 is 0.853. The van der Waals surface area contributed by atoms with E-state index in [-0.39, 0.29) is 0 Å². The Hall–Kier alpha value is -0.470. The molecule has 2 rings (SSSR count). The Morgan fingerprint density at radius 1 is 1.42 bits per heavy atom. The first-order valence-electron chi connectivity index (χ1n) is 3.95. The van der Waals surface area contributed by atoms with Gasteiger partial charge < -0.3 is 4.98 Å². The van der Waals surface area contributed by atoms with Gasteiger partial charge in [-0.3, -0.25) is 0 Å². The second-order valence-corrected chi connectivity index (χ2v) is 4.90. The minimum atomic E-state index is 0.559. The van der Waals surface area contributed by atoms with Crippen LogP contribution in [0.3, 0.4) is 0 Å². The van der Waals surface area contributed by atoms with Crippen LogP contribution < -0.4 is 0 Å². The van der Waals surface area contributed by atoms with E-state index >= 15 is 0 Å². The van der Waals surface area contributed by atoms with E-state index in [1.54, 1.807) is 11.3 Å². The summed E-state index contributed by atoms with van der Waals surface area (Å²) in [6.45, 7) is 4.36. The van der Waals surface area contributed by atoms with E-state index < -0.39 is 0 Å². The number of thiophene rings is 1. The molecule has 0 unspecified atom stereocenters. The predicted molar refractivity (Wildman–Crippen MR) is 55.3 cm³/mol. The summed E-state index contributed by atoms with van der Waals surface area (Å²) in [6, 6.07) is 4.17. The molecule has 0 fully saturated rings. The largest absolute Gasteiger partial charge is 0.350 e. The second-order valence-electron chi connectivity index (χ2n) is 3.21. The van der Waals surface area contributed by atoms with Crippen molar-refractivity contribution in [3.8, 4) is 0 Å². The van der Waals surface area contributed by atoms with Crippen molar-refractivity contribution in [2.75, 3.05) is 0 Å². The molecule has 0 spiro atoms. The molecule has 0 atom stereocenters. The molecule has 2 heterocycles. The fourth-order valence-corrected chi connectivity index (χ4v) is 2.36. The summed E-state index contributed by atoms with van der Waals surface area (Å²) in [4.78, 5) is 4.53. The Labute approximate surface area is 80.4 Å². The first-order chi connectivity index (χ1) is 5.66. The summed E-state index contributed by atoms with van der Waals surface area (Å²) in [7, 11) is 0. The normalized spacial score (nSPS) is 11.7. The maximum absolute atomic E-state index is 5.85. The van der Waals surface area contributed by atoms with Crippen LogP contribution >= 0.6 is 22.9 Å². The lowest BCUT2D eigenvalue weighted by Gasteiger charge is -1.97. The SMILES string of the molecule is CC(C)c1cc2cc(Cl)sc2[nH]1. The van der Waals surface area contributed by atoms with Crippen LogP contribution in [0.4, 0.5) is 0 Å². The highest BCUT2D eigenvalue weighted by Crippen LogP contribution is 2.31. The molecule has 0 amide bonds. The lowest BCUT2D eigenvalue weighted by molar-refractivity contribution is 0.837. The van der Waals surface area contributed by atoms with E-state index in [1.807, 2.05) is 6.07 Å². The Bertz CT molecular complexity index is 368. The first kappa shape index (κ1) is 8.14. The molecule has 0 saturated heterocycles. The molecule has 2 aromatic rings. The number of halogens is 1. The standard InChI is InChI=1S/C9H10ClNS/c1-5(2)7-3-6-4-8(10)12-9(6)11-7/h3-5,11H,1-2H3. The summed E-state index contributed by atoms with van der Waals surface area (Å²) in [5, 5.41) is 1.23. The summed E-state index contributed by atoms with van der Waals surface area (Å²) >= 11 is 7.46. The van der Waals surface area contributed by atoms with E-state index in [4.69, 9.17) is 11.6 Å². The van der Waals surface area contributed by atoms with Gasteiger partial charge in [0.25, 0.3) is 0 Å². The smallest absolute Gasteiger partial charge is 0.101 e. The van der Waals surface area contributed by atoms with E-state index in [1.165, 1.54) is 15.9 Å². The van der Waals surface area contributed by atoms with Crippen LogP contribution in [0.15, 0.2) is 12.1 Å². The third-order valence-corrected chi connectivity index (χ3v) is 3.12. The van der Waals surface area contributed by atoms with Crippen LogP contribution in [0.5, 0.6) is 0 Å². The number of nitrogens with one attached hydrogen (secondary N) is 1. The average molecular weight is 200 g/mol. The van der Waals surface area contributed by atoms with Crippen LogP contribution in [0.25, 0.3) is 10.2 Å². The first-order valence-corrected chi connectivity index (χ1v) is 5.14. The molecule has 0 saturated carbocycles. The van der Waals surface area contributed by atoms with Crippen LogP contribution in [0.2, 0.25) is 4.34 Å². The minimum absolute atomic E-state index is 0.559. The molecule has 0 bridgehead atoms. The Kier molecular flexibility index (Phi) is 1.89. The lowest BCUT2D eigenvalue weighted by Crippen LogP contribution is -1.84. The zero-order chi connectivity index (χ0) is 8.72. The lowest BCUT2D eigenvalue weighted by atomic mass is 10.1. The number of aromatic nitrogens is 1. The molecule has 0 aliphatic heterocycles. The molecule has 2 aromatic heterocycles. The Morgan fingerprint density at radius 2 is 2.17 bits per heavy atom. The van der Waals surface area contributed by atoms with Gasteiger partial charge in [0, 0.05) is 11.1 Å². The van der Waals surface area contributed by atoms with E-state index in [9.17, 15) is 0 Å². The van der Waals surface area contributed by atoms with Gasteiger partial charge in [-0.25, -0.2) is 0 Å². The number of hydrogen-bond acceptors (Lipinski definition) is 1. The molecular weight excluding hydrogens is 190 g/mol. The fourth-order valence-electron chi connectivity index (χ4n) is 1.22. The molecule has 1 nitrogen and oxygen atoms in total. The zero-order valence-electron chi connectivity index (χ0n) is 7.02. The van der Waals surface area contributed by atoms with Gasteiger partial charge in [-0.05, 0) is 18.1 Å². The number of aromatic amines is 1. The third kappa shape index (κ3) is 1.25. The highest BCUT2D eigenvalue weighted by molar-refractivity contribution is 7.22. The maximum atomic E-state index is 5.85. The van der Waals surface area contributed by atoms with Gasteiger partial charge in [-0.1, -0.05) is 25.4 Å². The minimum Gasteiger partial charge on any atom is -0.350 e. The van der Waals surface area contributed by atoms with Crippen LogP contribution in [0, 0.1) is 0 Å². The summed E-state index contributed by atoms with van der Waals surface area (Å²) in [6.07, 6.45) is 0. The van der Waals surface area contributed by atoms with E-state index in [2.05, 4.69) is 24.9 Å². The number of rotatable bonds is 1. The van der Waals surface area contributed by atoms with Gasteiger partial charge in [0.05, 0.1) is 4.34 Å². The summed E-state index contributed by atoms with van der Waals surface area (Å²) in [5.41, 5.74) is 1.29. The second kappa shape index (κ2) is 2.79. The molecule has 0 aromatic carbocycles. The van der Waals surface area contributed by atoms with Crippen molar-refractivity contribution >= 4 is 33.2 Å². The van der Waals surface area contributed by atoms with Crippen molar-refractivity contribution in [1.29, 1.82) is 0 Å². The third-order valence-electron chi connectivity index (χ3n) is 1.92. The van der Waals surface area contributed by atoms with E-state index in [0.29, 0.717) is 5.92 Å². The Balaban J connectivity index is 2.57. The molecular formula is C9H10ClNS. The van der Waals surface area contributed by atoms with Crippen LogP contribution in [0.1, 0.15) is 25.5 Å². The van der Waals surface area contributed by atoms with Crippen molar-refractivity contribution < 1.29 is 0 Å². The number of H-pyrrole nitrogens is 1. The fraction of sp³-hybridized carbons (Fsp3) is 0.333. The topological polar surface area (TPSA) is 15.8 Å². The Morgan fingerprint density at radius 3 is 2.75 bits per heavy atom. The highest BCUT2D eigenvalue weighted by Gasteiger charge is 2.06. The highest BCUT2D eigenvalue weighted by atomic mass is 35.5. The number of hydrogen-bond donors (Lipinski definition) is 1. The molecule has 64 valence electrons. The molecule has 0 aliphatic carbocycles. The van der Waals surface area contributed by atoms with E-state index in [0.717, 1.165) is 4.34 Å². The van der Waals surface area contributed by atoms with Crippen molar-refractivity contribution in [3.05, 3.63) is 22.2 Å². The van der Waals surface area contributed by atoms with Crippen molar-refractivity contribution in [1.82, 2.24) is 4.98 Å². The van der Waals surface area contributed by atoms with Gasteiger partial charge in [0.15, 0.2) is 0 Å². The summed E-state index contributed by atoms with van der Waals surface area (Å²) in [5.74, 6) is 0.559. The molecule has 1 N–H and O–H groups in total. The van der Waals surface area contributed by atoms with Gasteiger partial charge in [0.1, 0.15) is 4.83 Å². The monoisotopic (exact) mass is 199 g/mol. The van der Waals surface area contributed by atoms with Gasteiger partial charge in [0.2, 0.25) is 0 Å². The average Bonchev–Trinajstić information content (AvgIpc) is 2.42. The van der Waals surface area contributed by atoms with Crippen LogP contribution in [-0.4, -0.2) is 4.98 Å². The van der Waals surface area contributed by atoms with Gasteiger partial charge in [-0.2, -0.15) is 0 Å². The van der Waals surface area contributed by atoms with Gasteiger partial charge in [-0.15, -0.1) is 11.3 Å². The van der Waals surface area contributed by atoms with Gasteiger partial charge >= 0.3 is 0 Å². The molecule has 0 radical (unpaired) electrons. The van der Waals surface area contributed by atoms with Crippen molar-refractivity contribution in [2.24, 2.45) is 0 Å². The zero-order valence-corrected chi connectivity index (χ0v) is 8.59.